The molecule has 1 aromatic rings. The highest BCUT2D eigenvalue weighted by Gasteiger charge is 2.27. The third-order valence-corrected chi connectivity index (χ3v) is 3.16. The van der Waals surface area contributed by atoms with Gasteiger partial charge in [0.2, 0.25) is 0 Å². The van der Waals surface area contributed by atoms with Gasteiger partial charge in [-0.05, 0) is 11.6 Å². The molecule has 0 heterocycles. The Hall–Kier alpha value is -0.750. The number of rotatable bonds is 4. The van der Waals surface area contributed by atoms with Crippen LogP contribution < -0.4 is 5.30 Å². The Kier molecular flexibility index (Phi) is 4.21. The molecule has 6 nitrogen and oxygen atoms in total. The van der Waals surface area contributed by atoms with Gasteiger partial charge in [0.1, 0.15) is 12.2 Å². The molecule has 2 atom stereocenters. The molecule has 0 saturated carbocycles. The van der Waals surface area contributed by atoms with Gasteiger partial charge in [-0.1, -0.05) is 18.2 Å². The van der Waals surface area contributed by atoms with Gasteiger partial charge in [0.25, 0.3) is 0 Å². The topological polar surface area (TPSA) is 118 Å². The predicted molar refractivity (Wildman–Crippen MR) is 56.2 cm³/mol. The molecule has 0 radical (unpaired) electrons. The van der Waals surface area contributed by atoms with E-state index in [-0.39, 0.29) is 10.9 Å². The van der Waals surface area contributed by atoms with E-state index in [2.05, 4.69) is 0 Å². The van der Waals surface area contributed by atoms with E-state index in [0.29, 0.717) is 0 Å². The molecule has 0 spiro atoms. The SMILES string of the molecule is O=P(O)(O)c1ccccc1C(O)[C@@H](O)CO. The summed E-state index contributed by atoms with van der Waals surface area (Å²) in [7, 11) is -4.51. The van der Waals surface area contributed by atoms with Gasteiger partial charge in [-0.15, -0.1) is 0 Å². The molecule has 1 rings (SSSR count). The van der Waals surface area contributed by atoms with Crippen molar-refractivity contribution in [1.82, 2.24) is 0 Å². The number of aliphatic hydroxyl groups is 3. The Labute approximate surface area is 92.0 Å². The molecule has 5 N–H and O–H groups in total. The molecule has 0 aliphatic rings. The Morgan fingerprint density at radius 2 is 1.75 bits per heavy atom. The van der Waals surface area contributed by atoms with Crippen LogP contribution in [0.15, 0.2) is 24.3 Å². The zero-order valence-corrected chi connectivity index (χ0v) is 9.16. The van der Waals surface area contributed by atoms with Gasteiger partial charge in [-0.25, -0.2) is 0 Å². The van der Waals surface area contributed by atoms with Gasteiger partial charge in [0.05, 0.1) is 11.9 Å². The van der Waals surface area contributed by atoms with Crippen LogP contribution in [0.5, 0.6) is 0 Å². The van der Waals surface area contributed by atoms with E-state index in [9.17, 15) is 14.8 Å². The van der Waals surface area contributed by atoms with E-state index in [1.54, 1.807) is 0 Å². The number of benzene rings is 1. The van der Waals surface area contributed by atoms with Gasteiger partial charge >= 0.3 is 7.60 Å². The molecule has 0 aliphatic heterocycles. The van der Waals surface area contributed by atoms with Crippen LogP contribution in [0, 0.1) is 0 Å². The molecule has 0 saturated heterocycles. The van der Waals surface area contributed by atoms with Crippen molar-refractivity contribution in [2.24, 2.45) is 0 Å². The van der Waals surface area contributed by atoms with E-state index >= 15 is 0 Å². The first kappa shape index (κ1) is 13.3. The monoisotopic (exact) mass is 248 g/mol. The highest BCUT2D eigenvalue weighted by molar-refractivity contribution is 7.60. The summed E-state index contributed by atoms with van der Waals surface area (Å²) >= 11 is 0. The second kappa shape index (κ2) is 5.05. The molecule has 0 amide bonds. The first-order chi connectivity index (χ1) is 7.38. The minimum absolute atomic E-state index is 0.0858. The summed E-state index contributed by atoms with van der Waals surface area (Å²) in [5.41, 5.74) is -0.0858. The van der Waals surface area contributed by atoms with Crippen LogP contribution in [0.25, 0.3) is 0 Å². The molecule has 0 bridgehead atoms. The summed E-state index contributed by atoms with van der Waals surface area (Å²) in [6.07, 6.45) is -3.01. The van der Waals surface area contributed by atoms with Crippen molar-refractivity contribution < 1.29 is 29.7 Å². The molecule has 0 aliphatic carbocycles. The van der Waals surface area contributed by atoms with Gasteiger partial charge < -0.3 is 25.1 Å². The number of aliphatic hydroxyl groups excluding tert-OH is 3. The molecular weight excluding hydrogens is 235 g/mol. The van der Waals surface area contributed by atoms with Crippen molar-refractivity contribution in [2.45, 2.75) is 12.2 Å². The predicted octanol–water partition coefficient (Wildman–Crippen LogP) is -1.12. The summed E-state index contributed by atoms with van der Waals surface area (Å²) in [5, 5.41) is 27.1. The Bertz CT molecular complexity index is 401. The van der Waals surface area contributed by atoms with Gasteiger partial charge in [0.15, 0.2) is 0 Å². The Balaban J connectivity index is 3.19. The fourth-order valence-corrected chi connectivity index (χ4v) is 2.13. The fourth-order valence-electron chi connectivity index (χ4n) is 1.31. The summed E-state index contributed by atoms with van der Waals surface area (Å²) in [4.78, 5) is 18.1. The van der Waals surface area contributed by atoms with Gasteiger partial charge in [-0.3, -0.25) is 4.57 Å². The number of hydrogen-bond acceptors (Lipinski definition) is 4. The van der Waals surface area contributed by atoms with Crippen molar-refractivity contribution in [3.8, 4) is 0 Å². The van der Waals surface area contributed by atoms with E-state index in [1.807, 2.05) is 0 Å². The summed E-state index contributed by atoms with van der Waals surface area (Å²) in [6, 6.07) is 5.35. The smallest absolute Gasteiger partial charge is 0.356 e. The van der Waals surface area contributed by atoms with Gasteiger partial charge in [0, 0.05) is 0 Å². The van der Waals surface area contributed by atoms with Crippen LogP contribution in [-0.2, 0) is 4.57 Å². The molecule has 0 fully saturated rings. The first-order valence-corrected chi connectivity index (χ1v) is 6.11. The maximum Gasteiger partial charge on any atom is 0.356 e. The maximum atomic E-state index is 11.1. The van der Waals surface area contributed by atoms with Crippen molar-refractivity contribution in [2.75, 3.05) is 6.61 Å². The van der Waals surface area contributed by atoms with Crippen LogP contribution in [0.1, 0.15) is 11.7 Å². The zero-order valence-electron chi connectivity index (χ0n) is 8.26. The lowest BCUT2D eigenvalue weighted by molar-refractivity contribution is -0.0148. The molecule has 90 valence electrons. The Morgan fingerprint density at radius 1 is 1.19 bits per heavy atom. The van der Waals surface area contributed by atoms with E-state index in [1.165, 1.54) is 24.3 Å². The average molecular weight is 248 g/mol. The largest absolute Gasteiger partial charge is 0.394 e. The van der Waals surface area contributed by atoms with Crippen molar-refractivity contribution in [3.63, 3.8) is 0 Å². The van der Waals surface area contributed by atoms with Crippen molar-refractivity contribution >= 4 is 12.9 Å². The van der Waals surface area contributed by atoms with Crippen molar-refractivity contribution in [3.05, 3.63) is 29.8 Å². The third-order valence-electron chi connectivity index (χ3n) is 2.12. The van der Waals surface area contributed by atoms with E-state index in [0.717, 1.165) is 0 Å². The molecular formula is C9H13O6P. The summed E-state index contributed by atoms with van der Waals surface area (Å²) < 4.78 is 11.1. The summed E-state index contributed by atoms with van der Waals surface area (Å²) in [6.45, 7) is -0.698. The second-order valence-electron chi connectivity index (χ2n) is 3.30. The van der Waals surface area contributed by atoms with Crippen molar-refractivity contribution in [1.29, 1.82) is 0 Å². The van der Waals surface area contributed by atoms with Crippen LogP contribution in [0.3, 0.4) is 0 Å². The lowest BCUT2D eigenvalue weighted by Crippen LogP contribution is -2.26. The molecule has 7 heteroatoms. The van der Waals surface area contributed by atoms with E-state index in [4.69, 9.17) is 14.9 Å². The maximum absolute atomic E-state index is 11.1. The Morgan fingerprint density at radius 3 is 2.25 bits per heavy atom. The van der Waals surface area contributed by atoms with Crippen LogP contribution in [-0.4, -0.2) is 37.8 Å². The second-order valence-corrected chi connectivity index (χ2v) is 4.87. The quantitative estimate of drug-likeness (QED) is 0.430. The highest BCUT2D eigenvalue weighted by atomic mass is 31.2. The molecule has 1 aromatic carbocycles. The third kappa shape index (κ3) is 2.89. The fraction of sp³-hybridized carbons (Fsp3) is 0.333. The standard InChI is InChI=1S/C9H13O6P/c10-5-7(11)9(12)6-3-1-2-4-8(6)16(13,14)15/h1-4,7,9-12H,5H2,(H2,13,14,15)/t7-,9?/m0/s1. The number of hydrogen-bond donors (Lipinski definition) is 5. The first-order valence-electron chi connectivity index (χ1n) is 4.50. The molecule has 0 aromatic heterocycles. The van der Waals surface area contributed by atoms with Gasteiger partial charge in [-0.2, -0.15) is 0 Å². The average Bonchev–Trinajstić information content (AvgIpc) is 2.26. The highest BCUT2D eigenvalue weighted by Crippen LogP contribution is 2.36. The lowest BCUT2D eigenvalue weighted by atomic mass is 10.1. The molecule has 1 unspecified atom stereocenters. The van der Waals surface area contributed by atoms with Crippen LogP contribution >= 0.6 is 7.60 Å². The minimum atomic E-state index is -4.51. The minimum Gasteiger partial charge on any atom is -0.394 e. The summed E-state index contributed by atoms with van der Waals surface area (Å²) in [5.74, 6) is 0. The van der Waals surface area contributed by atoms with Crippen LogP contribution in [0.2, 0.25) is 0 Å². The normalized spacial score (nSPS) is 15.8. The van der Waals surface area contributed by atoms with E-state index < -0.39 is 26.4 Å². The molecule has 16 heavy (non-hydrogen) atoms. The zero-order chi connectivity index (χ0) is 12.3. The lowest BCUT2D eigenvalue weighted by Gasteiger charge is -2.19. The van der Waals surface area contributed by atoms with Crippen LogP contribution in [0.4, 0.5) is 0 Å².